The van der Waals surface area contributed by atoms with Gasteiger partial charge in [-0.25, -0.2) is 0 Å². The van der Waals surface area contributed by atoms with Gasteiger partial charge in [0.25, 0.3) is 0 Å². The Morgan fingerprint density at radius 1 is 1.50 bits per heavy atom. The van der Waals surface area contributed by atoms with Crippen LogP contribution in [0.3, 0.4) is 0 Å². The van der Waals surface area contributed by atoms with Gasteiger partial charge in [0.1, 0.15) is 0 Å². The molecular weight excluding hydrogens is 208 g/mol. The minimum Gasteiger partial charge on any atom is -0.409 e. The van der Waals surface area contributed by atoms with E-state index in [1.54, 1.807) is 31.2 Å². The second kappa shape index (κ2) is 5.01. The number of rotatable bonds is 4. The maximum Gasteiger partial charge on any atom is 0.248 e. The van der Waals surface area contributed by atoms with Gasteiger partial charge in [-0.2, -0.15) is 0 Å². The molecule has 0 radical (unpaired) electrons. The number of carbonyl (C=O) groups excluding carboxylic acids is 1. The summed E-state index contributed by atoms with van der Waals surface area (Å²) in [5, 5.41) is 14.3. The van der Waals surface area contributed by atoms with E-state index in [2.05, 4.69) is 10.5 Å². The number of anilines is 1. The number of hydrogen-bond acceptors (Lipinski definition) is 4. The van der Waals surface area contributed by atoms with Gasteiger partial charge in [0.05, 0.1) is 6.04 Å². The first-order valence-electron chi connectivity index (χ1n) is 4.68. The van der Waals surface area contributed by atoms with Gasteiger partial charge in [-0.15, -0.1) is 0 Å². The fraction of sp³-hybridized carbons (Fsp3) is 0.200. The van der Waals surface area contributed by atoms with Crippen molar-refractivity contribution in [2.75, 3.05) is 5.32 Å². The van der Waals surface area contributed by atoms with Crippen LogP contribution in [0.2, 0.25) is 0 Å². The van der Waals surface area contributed by atoms with Crippen molar-refractivity contribution in [2.45, 2.75) is 13.0 Å². The van der Waals surface area contributed by atoms with Crippen LogP contribution in [-0.4, -0.2) is 23.0 Å². The first-order valence-corrected chi connectivity index (χ1v) is 4.68. The summed E-state index contributed by atoms with van der Waals surface area (Å²) in [6, 6.07) is 6.33. The number of carbonyl (C=O) groups is 1. The molecule has 16 heavy (non-hydrogen) atoms. The molecule has 6 nitrogen and oxygen atoms in total. The zero-order valence-electron chi connectivity index (χ0n) is 8.84. The predicted molar refractivity (Wildman–Crippen MR) is 61.5 cm³/mol. The van der Waals surface area contributed by atoms with Crippen molar-refractivity contribution >= 4 is 17.4 Å². The number of nitrogens with one attached hydrogen (secondary N) is 1. The highest BCUT2D eigenvalue weighted by atomic mass is 16.4. The Labute approximate surface area is 92.9 Å². The van der Waals surface area contributed by atoms with Crippen LogP contribution in [0.25, 0.3) is 0 Å². The van der Waals surface area contributed by atoms with Gasteiger partial charge in [0, 0.05) is 11.3 Å². The lowest BCUT2D eigenvalue weighted by molar-refractivity contribution is 0.100. The third-order valence-corrected chi connectivity index (χ3v) is 2.09. The van der Waals surface area contributed by atoms with Crippen molar-refractivity contribution in [2.24, 2.45) is 16.6 Å². The molecule has 0 aliphatic carbocycles. The summed E-state index contributed by atoms with van der Waals surface area (Å²) in [6.07, 6.45) is 0. The maximum atomic E-state index is 10.9. The molecule has 0 heterocycles. The van der Waals surface area contributed by atoms with Crippen molar-refractivity contribution < 1.29 is 10.0 Å². The van der Waals surface area contributed by atoms with Crippen LogP contribution in [0.5, 0.6) is 0 Å². The highest BCUT2D eigenvalue weighted by Crippen LogP contribution is 2.11. The lowest BCUT2D eigenvalue weighted by Crippen LogP contribution is -2.32. The molecular formula is C10H14N4O2. The van der Waals surface area contributed by atoms with Gasteiger partial charge in [-0.05, 0) is 25.1 Å². The predicted octanol–water partition coefficient (Wildman–Crippen LogP) is 0.332. The monoisotopic (exact) mass is 222 g/mol. The number of amides is 1. The second-order valence-electron chi connectivity index (χ2n) is 3.34. The third kappa shape index (κ3) is 2.88. The summed E-state index contributed by atoms with van der Waals surface area (Å²) >= 11 is 0. The Bertz CT molecular complexity index is 417. The largest absolute Gasteiger partial charge is 0.409 e. The molecule has 1 rings (SSSR count). The maximum absolute atomic E-state index is 10.9. The summed E-state index contributed by atoms with van der Waals surface area (Å²) < 4.78 is 0. The number of hydrogen-bond donors (Lipinski definition) is 4. The third-order valence-electron chi connectivity index (χ3n) is 2.09. The van der Waals surface area contributed by atoms with Crippen LogP contribution in [0.15, 0.2) is 29.4 Å². The molecule has 6 N–H and O–H groups in total. The Kier molecular flexibility index (Phi) is 3.71. The van der Waals surface area contributed by atoms with E-state index in [9.17, 15) is 4.79 Å². The van der Waals surface area contributed by atoms with Crippen LogP contribution >= 0.6 is 0 Å². The van der Waals surface area contributed by atoms with Gasteiger partial charge in [-0.3, -0.25) is 4.79 Å². The summed E-state index contributed by atoms with van der Waals surface area (Å²) in [6.45, 7) is 1.73. The fourth-order valence-corrected chi connectivity index (χ4v) is 1.17. The van der Waals surface area contributed by atoms with E-state index < -0.39 is 5.91 Å². The Hall–Kier alpha value is -2.24. The van der Waals surface area contributed by atoms with Crippen LogP contribution in [-0.2, 0) is 0 Å². The molecule has 0 saturated heterocycles. The molecule has 0 aromatic heterocycles. The number of nitrogens with zero attached hydrogens (tertiary/aromatic N) is 1. The topological polar surface area (TPSA) is 114 Å². The van der Waals surface area contributed by atoms with Crippen LogP contribution < -0.4 is 16.8 Å². The molecule has 0 aliphatic heterocycles. The molecule has 0 bridgehead atoms. The molecule has 1 atom stereocenters. The summed E-state index contributed by atoms with van der Waals surface area (Å²) in [7, 11) is 0. The number of oxime groups is 1. The van der Waals surface area contributed by atoms with Crippen LogP contribution in [0, 0.1) is 0 Å². The standard InChI is InChI=1S/C10H14N4O2/c1-6(9(11)14-16)13-8-4-2-3-7(5-8)10(12)15/h2-6,13,16H,1H3,(H2,11,14)(H2,12,15). The molecule has 1 unspecified atom stereocenters. The van der Waals surface area contributed by atoms with Gasteiger partial charge in [-0.1, -0.05) is 11.2 Å². The van der Waals surface area contributed by atoms with Gasteiger partial charge in [0.15, 0.2) is 5.84 Å². The van der Waals surface area contributed by atoms with Gasteiger partial charge in [0.2, 0.25) is 5.91 Å². The SMILES string of the molecule is CC(Nc1cccc(C(N)=O)c1)/C(N)=N/O. The van der Waals surface area contributed by atoms with E-state index in [1.165, 1.54) is 0 Å². The summed E-state index contributed by atoms with van der Waals surface area (Å²) in [4.78, 5) is 10.9. The van der Waals surface area contributed by atoms with Crippen molar-refractivity contribution in [3.05, 3.63) is 29.8 Å². The molecule has 1 aromatic rings. The Morgan fingerprint density at radius 2 is 2.19 bits per heavy atom. The zero-order valence-corrected chi connectivity index (χ0v) is 8.84. The minimum absolute atomic E-state index is 0.0597. The molecule has 0 saturated carbocycles. The highest BCUT2D eigenvalue weighted by Gasteiger charge is 2.08. The summed E-state index contributed by atoms with van der Waals surface area (Å²) in [5.41, 5.74) is 11.6. The molecule has 86 valence electrons. The quantitative estimate of drug-likeness (QED) is 0.254. The molecule has 0 spiro atoms. The lowest BCUT2D eigenvalue weighted by Gasteiger charge is -2.13. The number of benzene rings is 1. The summed E-state index contributed by atoms with van der Waals surface area (Å²) in [5.74, 6) is -0.440. The molecule has 6 heteroatoms. The molecule has 0 fully saturated rings. The van der Waals surface area contributed by atoms with Crippen LogP contribution in [0.1, 0.15) is 17.3 Å². The van der Waals surface area contributed by atoms with Crippen molar-refractivity contribution in [3.63, 3.8) is 0 Å². The van der Waals surface area contributed by atoms with E-state index in [1.807, 2.05) is 0 Å². The van der Waals surface area contributed by atoms with Gasteiger partial charge < -0.3 is 22.0 Å². The Balaban J connectivity index is 2.82. The normalized spacial score (nSPS) is 13.2. The first kappa shape index (κ1) is 11.8. The van der Waals surface area contributed by atoms with E-state index in [0.29, 0.717) is 11.3 Å². The fourth-order valence-electron chi connectivity index (χ4n) is 1.17. The molecule has 1 aromatic carbocycles. The molecule has 1 amide bonds. The average molecular weight is 222 g/mol. The van der Waals surface area contributed by atoms with Crippen molar-refractivity contribution in [3.8, 4) is 0 Å². The van der Waals surface area contributed by atoms with E-state index >= 15 is 0 Å². The number of primary amides is 1. The minimum atomic E-state index is -0.500. The number of amidine groups is 1. The van der Waals surface area contributed by atoms with E-state index in [0.717, 1.165) is 0 Å². The van der Waals surface area contributed by atoms with Crippen molar-refractivity contribution in [1.82, 2.24) is 0 Å². The average Bonchev–Trinajstić information content (AvgIpc) is 2.28. The van der Waals surface area contributed by atoms with E-state index in [-0.39, 0.29) is 11.9 Å². The zero-order chi connectivity index (χ0) is 12.1. The first-order chi connectivity index (χ1) is 7.54. The van der Waals surface area contributed by atoms with Gasteiger partial charge >= 0.3 is 0 Å². The lowest BCUT2D eigenvalue weighted by atomic mass is 10.2. The number of nitrogens with two attached hydrogens (primary N) is 2. The smallest absolute Gasteiger partial charge is 0.248 e. The Morgan fingerprint density at radius 3 is 2.75 bits per heavy atom. The van der Waals surface area contributed by atoms with Crippen LogP contribution in [0.4, 0.5) is 5.69 Å². The van der Waals surface area contributed by atoms with E-state index in [4.69, 9.17) is 16.7 Å². The second-order valence-corrected chi connectivity index (χ2v) is 3.34. The molecule has 0 aliphatic rings. The highest BCUT2D eigenvalue weighted by molar-refractivity contribution is 5.94. The van der Waals surface area contributed by atoms with Crippen molar-refractivity contribution in [1.29, 1.82) is 0 Å².